The molecule has 2 aromatic carbocycles. The van der Waals surface area contributed by atoms with Crippen LogP contribution in [0.1, 0.15) is 29.2 Å². The Morgan fingerprint density at radius 2 is 2.00 bits per heavy atom. The van der Waals surface area contributed by atoms with Crippen molar-refractivity contribution in [2.45, 2.75) is 25.8 Å². The minimum atomic E-state index is 0.324. The lowest BCUT2D eigenvalue weighted by Gasteiger charge is -2.17. The molecule has 1 aliphatic carbocycles. The van der Waals surface area contributed by atoms with Gasteiger partial charge in [0.1, 0.15) is 5.75 Å². The van der Waals surface area contributed by atoms with Gasteiger partial charge in [-0.3, -0.25) is 0 Å². The molecule has 2 heteroatoms. The lowest BCUT2D eigenvalue weighted by molar-refractivity contribution is 0.475. The zero-order valence-corrected chi connectivity index (χ0v) is 10.5. The van der Waals surface area contributed by atoms with E-state index in [4.69, 9.17) is 0 Å². The van der Waals surface area contributed by atoms with Gasteiger partial charge >= 0.3 is 0 Å². The first kappa shape index (κ1) is 11.1. The molecule has 0 aliphatic heterocycles. The summed E-state index contributed by atoms with van der Waals surface area (Å²) in [6, 6.07) is 14.5. The third kappa shape index (κ3) is 1.94. The Morgan fingerprint density at radius 1 is 1.17 bits per heavy atom. The second-order valence-corrected chi connectivity index (χ2v) is 4.93. The van der Waals surface area contributed by atoms with Crippen molar-refractivity contribution >= 4 is 5.69 Å². The van der Waals surface area contributed by atoms with E-state index < -0.39 is 0 Å². The van der Waals surface area contributed by atoms with Gasteiger partial charge in [0, 0.05) is 5.69 Å². The van der Waals surface area contributed by atoms with Crippen molar-refractivity contribution in [3.8, 4) is 5.75 Å². The van der Waals surface area contributed by atoms with Crippen LogP contribution in [0.5, 0.6) is 5.75 Å². The second-order valence-electron chi connectivity index (χ2n) is 4.93. The standard InChI is InChI=1S/C16H17NO/c1-11-10-13(18)7-9-15(11)17-16-8-6-12-4-2-3-5-14(12)16/h2-5,7,9-10,16-18H,6,8H2,1H3. The first-order chi connectivity index (χ1) is 8.74. The van der Waals surface area contributed by atoms with Crippen LogP contribution >= 0.6 is 0 Å². The molecule has 2 aromatic rings. The number of benzene rings is 2. The summed E-state index contributed by atoms with van der Waals surface area (Å²) in [5.41, 5.74) is 5.05. The van der Waals surface area contributed by atoms with Crippen LogP contribution in [0.3, 0.4) is 0 Å². The van der Waals surface area contributed by atoms with Crippen LogP contribution in [0.15, 0.2) is 42.5 Å². The van der Waals surface area contributed by atoms with Crippen LogP contribution in [0.2, 0.25) is 0 Å². The predicted octanol–water partition coefficient (Wildman–Crippen LogP) is 3.80. The highest BCUT2D eigenvalue weighted by molar-refractivity contribution is 5.55. The number of fused-ring (bicyclic) bond motifs is 1. The molecule has 2 nitrogen and oxygen atoms in total. The van der Waals surface area contributed by atoms with Crippen LogP contribution in [-0.4, -0.2) is 5.11 Å². The average Bonchev–Trinajstić information content (AvgIpc) is 2.76. The van der Waals surface area contributed by atoms with Gasteiger partial charge in [0.15, 0.2) is 0 Å². The smallest absolute Gasteiger partial charge is 0.115 e. The van der Waals surface area contributed by atoms with E-state index in [1.165, 1.54) is 11.1 Å². The first-order valence-corrected chi connectivity index (χ1v) is 6.38. The number of phenolic OH excluding ortho intramolecular Hbond substituents is 1. The van der Waals surface area contributed by atoms with E-state index in [-0.39, 0.29) is 0 Å². The van der Waals surface area contributed by atoms with E-state index in [0.29, 0.717) is 11.8 Å². The summed E-state index contributed by atoms with van der Waals surface area (Å²) < 4.78 is 0. The van der Waals surface area contributed by atoms with E-state index in [0.717, 1.165) is 24.1 Å². The predicted molar refractivity (Wildman–Crippen MR) is 74.0 cm³/mol. The van der Waals surface area contributed by atoms with E-state index in [1.807, 2.05) is 13.0 Å². The largest absolute Gasteiger partial charge is 0.508 e. The quantitative estimate of drug-likeness (QED) is 0.781. The molecule has 1 atom stereocenters. The van der Waals surface area contributed by atoms with Crippen LogP contribution in [0.4, 0.5) is 5.69 Å². The fourth-order valence-electron chi connectivity index (χ4n) is 2.70. The molecular formula is C16H17NO. The van der Waals surface area contributed by atoms with Crippen molar-refractivity contribution in [1.29, 1.82) is 0 Å². The van der Waals surface area contributed by atoms with Crippen molar-refractivity contribution in [1.82, 2.24) is 0 Å². The van der Waals surface area contributed by atoms with E-state index in [2.05, 4.69) is 29.6 Å². The summed E-state index contributed by atoms with van der Waals surface area (Å²) >= 11 is 0. The number of nitrogens with one attached hydrogen (secondary N) is 1. The van der Waals surface area contributed by atoms with Crippen LogP contribution in [-0.2, 0) is 6.42 Å². The molecule has 0 spiro atoms. The molecule has 1 aliphatic rings. The molecule has 0 saturated heterocycles. The molecule has 0 fully saturated rings. The van der Waals surface area contributed by atoms with E-state index in [1.54, 1.807) is 12.1 Å². The molecule has 2 N–H and O–H groups in total. The van der Waals surface area contributed by atoms with E-state index in [9.17, 15) is 5.11 Å². The molecule has 0 amide bonds. The third-order valence-electron chi connectivity index (χ3n) is 3.67. The third-order valence-corrected chi connectivity index (χ3v) is 3.67. The Bertz CT molecular complexity index is 577. The topological polar surface area (TPSA) is 32.3 Å². The molecular weight excluding hydrogens is 222 g/mol. The lowest BCUT2D eigenvalue weighted by atomic mass is 10.1. The fourth-order valence-corrected chi connectivity index (χ4v) is 2.70. The van der Waals surface area contributed by atoms with E-state index >= 15 is 0 Å². The van der Waals surface area contributed by atoms with Gasteiger partial charge in [-0.2, -0.15) is 0 Å². The molecule has 0 saturated carbocycles. The second kappa shape index (κ2) is 4.37. The number of phenols is 1. The van der Waals surface area contributed by atoms with Gasteiger partial charge < -0.3 is 10.4 Å². The zero-order valence-electron chi connectivity index (χ0n) is 10.5. The molecule has 0 aromatic heterocycles. The van der Waals surface area contributed by atoms with Gasteiger partial charge in [-0.05, 0) is 54.7 Å². The maximum absolute atomic E-state index is 9.43. The van der Waals surface area contributed by atoms with Crippen molar-refractivity contribution in [3.63, 3.8) is 0 Å². The fraction of sp³-hybridized carbons (Fsp3) is 0.250. The van der Waals surface area contributed by atoms with Crippen molar-refractivity contribution < 1.29 is 5.11 Å². The van der Waals surface area contributed by atoms with Gasteiger partial charge in [-0.15, -0.1) is 0 Å². The number of hydrogen-bond acceptors (Lipinski definition) is 2. The summed E-state index contributed by atoms with van der Waals surface area (Å²) in [5, 5.41) is 13.0. The monoisotopic (exact) mass is 239 g/mol. The summed E-state index contributed by atoms with van der Waals surface area (Å²) in [6.45, 7) is 2.02. The summed E-state index contributed by atoms with van der Waals surface area (Å²) in [7, 11) is 0. The number of rotatable bonds is 2. The zero-order chi connectivity index (χ0) is 12.5. The molecule has 3 rings (SSSR count). The van der Waals surface area contributed by atoms with Crippen molar-refractivity contribution in [3.05, 3.63) is 59.2 Å². The van der Waals surface area contributed by atoms with Crippen LogP contribution in [0.25, 0.3) is 0 Å². The maximum Gasteiger partial charge on any atom is 0.115 e. The molecule has 1 unspecified atom stereocenters. The van der Waals surface area contributed by atoms with Gasteiger partial charge in [0.25, 0.3) is 0 Å². The SMILES string of the molecule is Cc1cc(O)ccc1NC1CCc2ccccc21. The van der Waals surface area contributed by atoms with Gasteiger partial charge in [-0.25, -0.2) is 0 Å². The van der Waals surface area contributed by atoms with Gasteiger partial charge in [0.2, 0.25) is 0 Å². The first-order valence-electron chi connectivity index (χ1n) is 6.38. The molecule has 0 bridgehead atoms. The average molecular weight is 239 g/mol. The van der Waals surface area contributed by atoms with Crippen LogP contribution < -0.4 is 5.32 Å². The van der Waals surface area contributed by atoms with Crippen LogP contribution in [0, 0.1) is 6.92 Å². The minimum Gasteiger partial charge on any atom is -0.508 e. The molecule has 18 heavy (non-hydrogen) atoms. The number of aryl methyl sites for hydroxylation is 2. The van der Waals surface area contributed by atoms with Gasteiger partial charge in [-0.1, -0.05) is 24.3 Å². The molecule has 92 valence electrons. The number of aromatic hydroxyl groups is 1. The summed E-state index contributed by atoms with van der Waals surface area (Å²) in [5.74, 6) is 0.324. The highest BCUT2D eigenvalue weighted by atomic mass is 16.3. The van der Waals surface area contributed by atoms with Crippen molar-refractivity contribution in [2.75, 3.05) is 5.32 Å². The Balaban J connectivity index is 1.86. The number of hydrogen-bond donors (Lipinski definition) is 2. The Morgan fingerprint density at radius 3 is 2.83 bits per heavy atom. The molecule has 0 radical (unpaired) electrons. The maximum atomic E-state index is 9.43. The lowest BCUT2D eigenvalue weighted by Crippen LogP contribution is -2.07. The summed E-state index contributed by atoms with van der Waals surface area (Å²) in [4.78, 5) is 0. The Hall–Kier alpha value is -1.96. The Kier molecular flexibility index (Phi) is 2.71. The summed E-state index contributed by atoms with van der Waals surface area (Å²) in [6.07, 6.45) is 2.28. The van der Waals surface area contributed by atoms with Gasteiger partial charge in [0.05, 0.1) is 6.04 Å². The molecule has 0 heterocycles. The minimum absolute atomic E-state index is 0.324. The Labute approximate surface area is 107 Å². The number of anilines is 1. The highest BCUT2D eigenvalue weighted by Crippen LogP contribution is 2.34. The normalized spacial score (nSPS) is 17.5. The van der Waals surface area contributed by atoms with Crippen molar-refractivity contribution in [2.24, 2.45) is 0 Å². The highest BCUT2D eigenvalue weighted by Gasteiger charge is 2.21.